The van der Waals surface area contributed by atoms with Gasteiger partial charge in [-0.05, 0) is 53.8 Å². The number of anilines is 1. The van der Waals surface area contributed by atoms with Gasteiger partial charge in [-0.2, -0.15) is 13.2 Å². The maximum Gasteiger partial charge on any atom is 0.490 e. The van der Waals surface area contributed by atoms with Crippen LogP contribution in [-0.2, 0) is 15.0 Å². The number of pyridine rings is 1. The molecule has 3 aromatic rings. The number of rotatable bonds is 5. The summed E-state index contributed by atoms with van der Waals surface area (Å²) in [6.45, 7) is 8.17. The molecule has 0 aliphatic carbocycles. The Hall–Kier alpha value is -3.53. The highest BCUT2D eigenvalue weighted by atomic mass is 35.5. The van der Waals surface area contributed by atoms with Gasteiger partial charge < -0.3 is 20.1 Å². The number of amides is 1. The van der Waals surface area contributed by atoms with Crippen LogP contribution in [-0.4, -0.2) is 53.9 Å². The summed E-state index contributed by atoms with van der Waals surface area (Å²) in [5.74, 6) is -2.15. The van der Waals surface area contributed by atoms with Gasteiger partial charge in [0.15, 0.2) is 6.61 Å². The molecule has 1 saturated heterocycles. The highest BCUT2D eigenvalue weighted by molar-refractivity contribution is 6.31. The van der Waals surface area contributed by atoms with Crippen LogP contribution in [0.4, 0.5) is 18.9 Å². The molecule has 0 bridgehead atoms. The Kier molecular flexibility index (Phi) is 9.09. The molecule has 11 heteroatoms. The lowest BCUT2D eigenvalue weighted by Gasteiger charge is -2.21. The normalized spacial score (nSPS) is 15.6. The number of nitrogens with zero attached hydrogens (tertiary/aromatic N) is 2. The van der Waals surface area contributed by atoms with E-state index in [-0.39, 0.29) is 24.0 Å². The minimum atomic E-state index is -5.08. The minimum Gasteiger partial charge on any atom is -0.484 e. The highest BCUT2D eigenvalue weighted by Crippen LogP contribution is 2.30. The molecular formula is C27H29ClF3N3O4. The van der Waals surface area contributed by atoms with E-state index >= 15 is 0 Å². The number of aliphatic carboxylic acids is 1. The van der Waals surface area contributed by atoms with E-state index in [1.807, 2.05) is 48.5 Å². The second-order valence-electron chi connectivity index (χ2n) is 9.86. The van der Waals surface area contributed by atoms with Gasteiger partial charge in [0.25, 0.3) is 5.91 Å². The number of ether oxygens (including phenoxy) is 1. The molecule has 2 N–H and O–H groups in total. The Bertz CT molecular complexity index is 1280. The van der Waals surface area contributed by atoms with E-state index in [0.717, 1.165) is 36.1 Å². The molecule has 0 saturated carbocycles. The summed E-state index contributed by atoms with van der Waals surface area (Å²) in [6, 6.07) is 15.8. The second-order valence-corrected chi connectivity index (χ2v) is 10.3. The molecule has 0 radical (unpaired) electrons. The van der Waals surface area contributed by atoms with Crippen molar-refractivity contribution in [2.45, 2.75) is 44.8 Å². The van der Waals surface area contributed by atoms with Crippen molar-refractivity contribution in [2.75, 3.05) is 24.6 Å². The minimum absolute atomic E-state index is 0.0159. The number of aromatic nitrogens is 1. The van der Waals surface area contributed by atoms with Crippen LogP contribution >= 0.6 is 11.6 Å². The number of carboxylic acid groups (broad SMARTS) is 1. The van der Waals surface area contributed by atoms with Crippen molar-refractivity contribution >= 4 is 40.1 Å². The highest BCUT2D eigenvalue weighted by Gasteiger charge is 2.38. The number of alkyl halides is 3. The number of carbonyl (C=O) groups excluding carboxylic acids is 1. The van der Waals surface area contributed by atoms with Gasteiger partial charge in [-0.15, -0.1) is 0 Å². The number of carbonyl (C=O) groups is 2. The number of fused-ring (bicyclic) bond motifs is 1. The molecule has 7 nitrogen and oxygen atoms in total. The maximum absolute atomic E-state index is 12.4. The lowest BCUT2D eigenvalue weighted by molar-refractivity contribution is -0.192. The van der Waals surface area contributed by atoms with Crippen LogP contribution in [0.5, 0.6) is 5.75 Å². The fourth-order valence-corrected chi connectivity index (χ4v) is 4.11. The topological polar surface area (TPSA) is 91.8 Å². The third-order valence-corrected chi connectivity index (χ3v) is 6.14. The van der Waals surface area contributed by atoms with Crippen molar-refractivity contribution < 1.29 is 32.6 Å². The number of hydrogen-bond donors (Lipinski definition) is 2. The predicted molar refractivity (Wildman–Crippen MR) is 140 cm³/mol. The summed E-state index contributed by atoms with van der Waals surface area (Å²) < 4.78 is 37.4. The SMILES string of the molecule is CC(C)(C)c1ccc(OCC(=O)NC2CCN(c3ccnc4cc(Cl)ccc34)C2)cc1.O=C(O)C(F)(F)F. The Labute approximate surface area is 223 Å². The van der Waals surface area contributed by atoms with E-state index in [2.05, 4.69) is 36.0 Å². The smallest absolute Gasteiger partial charge is 0.484 e. The molecule has 0 spiro atoms. The van der Waals surface area contributed by atoms with Crippen LogP contribution in [0.25, 0.3) is 10.9 Å². The molecular weight excluding hydrogens is 523 g/mol. The average Bonchev–Trinajstić information content (AvgIpc) is 3.30. The maximum atomic E-state index is 12.4. The standard InChI is InChI=1S/C25H28ClN3O2.C2HF3O2/c1-25(2,3)17-4-7-20(8-5-17)31-16-24(30)28-19-11-13-29(15-19)23-10-12-27-22-14-18(26)6-9-21(22)23;3-2(4,5)1(6)7/h4-10,12,14,19H,11,13,15-16H2,1-3H3,(H,28,30);(H,6,7). The average molecular weight is 552 g/mol. The van der Waals surface area contributed by atoms with Crippen LogP contribution in [0.15, 0.2) is 54.7 Å². The van der Waals surface area contributed by atoms with Gasteiger partial charge in [0.2, 0.25) is 0 Å². The van der Waals surface area contributed by atoms with Gasteiger partial charge in [-0.25, -0.2) is 4.79 Å². The Morgan fingerprint density at radius 2 is 1.79 bits per heavy atom. The third-order valence-electron chi connectivity index (χ3n) is 5.91. The number of hydrogen-bond acceptors (Lipinski definition) is 5. The summed E-state index contributed by atoms with van der Waals surface area (Å²) in [5, 5.41) is 12.0. The van der Waals surface area contributed by atoms with Gasteiger partial charge in [0, 0.05) is 41.4 Å². The first-order valence-corrected chi connectivity index (χ1v) is 12.2. The number of carboxylic acids is 1. The van der Waals surface area contributed by atoms with Crippen molar-refractivity contribution in [3.8, 4) is 5.75 Å². The van der Waals surface area contributed by atoms with E-state index in [0.29, 0.717) is 10.8 Å². The van der Waals surface area contributed by atoms with Crippen molar-refractivity contribution in [3.05, 3.63) is 65.3 Å². The summed E-state index contributed by atoms with van der Waals surface area (Å²) in [6.07, 6.45) is -2.39. The molecule has 204 valence electrons. The van der Waals surface area contributed by atoms with Gasteiger partial charge in [-0.3, -0.25) is 9.78 Å². The molecule has 38 heavy (non-hydrogen) atoms. The van der Waals surface area contributed by atoms with E-state index in [1.54, 1.807) is 6.20 Å². The van der Waals surface area contributed by atoms with Crippen molar-refractivity contribution in [1.29, 1.82) is 0 Å². The van der Waals surface area contributed by atoms with E-state index in [4.69, 9.17) is 26.2 Å². The Morgan fingerprint density at radius 1 is 1.13 bits per heavy atom. The molecule has 2 aromatic carbocycles. The number of benzene rings is 2. The first-order valence-electron chi connectivity index (χ1n) is 11.9. The zero-order chi connectivity index (χ0) is 28.1. The van der Waals surface area contributed by atoms with Crippen molar-refractivity contribution in [3.63, 3.8) is 0 Å². The van der Waals surface area contributed by atoms with Crippen LogP contribution in [0, 0.1) is 0 Å². The molecule has 1 aromatic heterocycles. The van der Waals surface area contributed by atoms with Gasteiger partial charge in [-0.1, -0.05) is 44.5 Å². The summed E-state index contributed by atoms with van der Waals surface area (Å²) in [7, 11) is 0. The molecule has 4 rings (SSSR count). The van der Waals surface area contributed by atoms with Crippen LogP contribution in [0.2, 0.25) is 5.02 Å². The zero-order valence-electron chi connectivity index (χ0n) is 21.2. The fourth-order valence-electron chi connectivity index (χ4n) is 3.95. The quantitative estimate of drug-likeness (QED) is 0.429. The second kappa shape index (κ2) is 11.9. The van der Waals surface area contributed by atoms with Gasteiger partial charge in [0.05, 0.1) is 5.52 Å². The van der Waals surface area contributed by atoms with E-state index in [9.17, 15) is 18.0 Å². The molecule has 1 atom stereocenters. The van der Waals surface area contributed by atoms with Crippen LogP contribution in [0.1, 0.15) is 32.8 Å². The van der Waals surface area contributed by atoms with Gasteiger partial charge >= 0.3 is 12.1 Å². The molecule has 1 unspecified atom stereocenters. The van der Waals surface area contributed by atoms with Crippen LogP contribution in [0.3, 0.4) is 0 Å². The lowest BCUT2D eigenvalue weighted by atomic mass is 9.87. The lowest BCUT2D eigenvalue weighted by Crippen LogP contribution is -2.39. The van der Waals surface area contributed by atoms with Gasteiger partial charge in [0.1, 0.15) is 5.75 Å². The first-order chi connectivity index (χ1) is 17.7. The molecule has 1 aliphatic heterocycles. The largest absolute Gasteiger partial charge is 0.490 e. The first kappa shape index (κ1) is 29.0. The molecule has 1 aliphatic rings. The summed E-state index contributed by atoms with van der Waals surface area (Å²) in [4.78, 5) is 28.0. The molecule has 1 fully saturated rings. The number of nitrogens with one attached hydrogen (secondary N) is 1. The predicted octanol–water partition coefficient (Wildman–Crippen LogP) is 5.59. The number of halogens is 4. The Morgan fingerprint density at radius 3 is 2.39 bits per heavy atom. The van der Waals surface area contributed by atoms with E-state index < -0.39 is 12.1 Å². The monoisotopic (exact) mass is 551 g/mol. The molecule has 1 amide bonds. The van der Waals surface area contributed by atoms with Crippen molar-refractivity contribution in [1.82, 2.24) is 10.3 Å². The zero-order valence-corrected chi connectivity index (χ0v) is 21.9. The van der Waals surface area contributed by atoms with E-state index in [1.165, 1.54) is 5.56 Å². The van der Waals surface area contributed by atoms with Crippen molar-refractivity contribution in [2.24, 2.45) is 0 Å². The van der Waals surface area contributed by atoms with Crippen LogP contribution < -0.4 is 15.0 Å². The summed E-state index contributed by atoms with van der Waals surface area (Å²) >= 11 is 6.10. The molecule has 2 heterocycles. The summed E-state index contributed by atoms with van der Waals surface area (Å²) in [5.41, 5.74) is 3.33. The fraction of sp³-hybridized carbons (Fsp3) is 0.370. The third kappa shape index (κ3) is 7.98. The Balaban J connectivity index is 0.000000505.